The van der Waals surface area contributed by atoms with Gasteiger partial charge in [0, 0.05) is 0 Å². The summed E-state index contributed by atoms with van der Waals surface area (Å²) in [6.07, 6.45) is 0.910. The van der Waals surface area contributed by atoms with Crippen molar-refractivity contribution in [2.24, 2.45) is 0 Å². The molecular weight excluding hydrogens is 274 g/mol. The molecule has 0 fully saturated rings. The Labute approximate surface area is 124 Å². The maximum Gasteiger partial charge on any atom is 0.408 e. The fraction of sp³-hybridized carbons (Fsp3) is 0.467. The lowest BCUT2D eigenvalue weighted by molar-refractivity contribution is -0.139. The maximum atomic E-state index is 11.6. The van der Waals surface area contributed by atoms with Crippen LogP contribution in [0.2, 0.25) is 0 Å². The Kier molecular flexibility index (Phi) is 7.08. The second-order valence-corrected chi connectivity index (χ2v) is 4.41. The summed E-state index contributed by atoms with van der Waals surface area (Å²) in [7, 11) is 0. The molecule has 0 saturated heterocycles. The summed E-state index contributed by atoms with van der Waals surface area (Å²) in [4.78, 5) is 22.8. The monoisotopic (exact) mass is 295 g/mol. The summed E-state index contributed by atoms with van der Waals surface area (Å²) in [5, 5.41) is 11.6. The maximum absolute atomic E-state index is 11.6. The minimum atomic E-state index is -1.15. The molecule has 0 spiro atoms. The molecule has 21 heavy (non-hydrogen) atoms. The van der Waals surface area contributed by atoms with Gasteiger partial charge >= 0.3 is 12.1 Å². The van der Waals surface area contributed by atoms with Crippen LogP contribution in [-0.2, 0) is 9.53 Å². The normalized spacial score (nSPS) is 11.5. The van der Waals surface area contributed by atoms with Gasteiger partial charge in [0.25, 0.3) is 0 Å². The fourth-order valence-electron chi connectivity index (χ4n) is 1.68. The number of hydrogen-bond donors (Lipinski definition) is 2. The Morgan fingerprint density at radius 3 is 2.43 bits per heavy atom. The van der Waals surface area contributed by atoms with Crippen molar-refractivity contribution in [1.29, 1.82) is 0 Å². The molecule has 0 bridgehead atoms. The first-order chi connectivity index (χ1) is 10.1. The molecule has 0 aromatic heterocycles. The summed E-state index contributed by atoms with van der Waals surface area (Å²) < 4.78 is 10.2. The number of unbranched alkanes of at least 4 members (excludes halogenated alkanes) is 1. The van der Waals surface area contributed by atoms with Crippen molar-refractivity contribution in [3.63, 3.8) is 0 Å². The summed E-state index contributed by atoms with van der Waals surface area (Å²) in [6, 6.07) is 5.40. The van der Waals surface area contributed by atoms with Crippen LogP contribution in [0.3, 0.4) is 0 Å². The first kappa shape index (κ1) is 16.8. The van der Waals surface area contributed by atoms with Gasteiger partial charge in [0.2, 0.25) is 0 Å². The fourth-order valence-corrected chi connectivity index (χ4v) is 1.68. The second kappa shape index (κ2) is 8.84. The van der Waals surface area contributed by atoms with Crippen molar-refractivity contribution in [1.82, 2.24) is 5.32 Å². The molecule has 0 aliphatic carbocycles. The van der Waals surface area contributed by atoms with E-state index in [0.29, 0.717) is 17.9 Å². The van der Waals surface area contributed by atoms with Crippen LogP contribution in [0.5, 0.6) is 5.75 Å². The van der Waals surface area contributed by atoms with E-state index in [1.807, 2.05) is 13.8 Å². The first-order valence-electron chi connectivity index (χ1n) is 6.97. The molecule has 1 aromatic rings. The molecule has 0 heterocycles. The topological polar surface area (TPSA) is 84.9 Å². The van der Waals surface area contributed by atoms with Crippen LogP contribution in [0.4, 0.5) is 4.79 Å². The van der Waals surface area contributed by atoms with Gasteiger partial charge in [0.1, 0.15) is 5.75 Å². The molecule has 2 N–H and O–H groups in total. The Morgan fingerprint density at radius 1 is 1.24 bits per heavy atom. The van der Waals surface area contributed by atoms with Crippen LogP contribution < -0.4 is 10.1 Å². The number of carboxylic acids is 1. The van der Waals surface area contributed by atoms with Crippen LogP contribution in [0.25, 0.3) is 0 Å². The van der Waals surface area contributed by atoms with Crippen LogP contribution in [0.15, 0.2) is 24.3 Å². The molecule has 0 aliphatic rings. The molecule has 0 saturated carbocycles. The highest BCUT2D eigenvalue weighted by molar-refractivity contribution is 5.81. The zero-order valence-corrected chi connectivity index (χ0v) is 12.3. The van der Waals surface area contributed by atoms with E-state index in [9.17, 15) is 14.7 Å². The van der Waals surface area contributed by atoms with Crippen molar-refractivity contribution in [2.75, 3.05) is 13.2 Å². The predicted molar refractivity (Wildman–Crippen MR) is 77.4 cm³/mol. The number of rotatable bonds is 8. The van der Waals surface area contributed by atoms with Crippen molar-refractivity contribution in [2.45, 2.75) is 32.7 Å². The molecule has 1 aromatic carbocycles. The quantitative estimate of drug-likeness (QED) is 0.720. The number of aliphatic carboxylic acids is 1. The van der Waals surface area contributed by atoms with Gasteiger partial charge in [0.15, 0.2) is 6.04 Å². The van der Waals surface area contributed by atoms with Gasteiger partial charge in [-0.25, -0.2) is 9.59 Å². The molecule has 1 amide bonds. The summed E-state index contributed by atoms with van der Waals surface area (Å²) >= 11 is 0. The van der Waals surface area contributed by atoms with Gasteiger partial charge < -0.3 is 19.9 Å². The number of carboxylic acid groups (broad SMARTS) is 1. The molecule has 0 radical (unpaired) electrons. The van der Waals surface area contributed by atoms with Crippen LogP contribution in [0.1, 0.15) is 38.3 Å². The molecule has 6 heteroatoms. The minimum Gasteiger partial charge on any atom is -0.494 e. The predicted octanol–water partition coefficient (Wildman–Crippen LogP) is 2.74. The van der Waals surface area contributed by atoms with E-state index in [-0.39, 0.29) is 6.61 Å². The van der Waals surface area contributed by atoms with E-state index in [4.69, 9.17) is 9.47 Å². The van der Waals surface area contributed by atoms with E-state index in [1.165, 1.54) is 0 Å². The Hall–Kier alpha value is -2.24. The average molecular weight is 295 g/mol. The molecule has 1 unspecified atom stereocenters. The SMILES string of the molecule is CCCCOC(=O)NC(C(=O)O)c1ccc(OCC)cc1. The van der Waals surface area contributed by atoms with E-state index in [1.54, 1.807) is 24.3 Å². The number of nitrogens with one attached hydrogen (secondary N) is 1. The molecule has 0 aliphatic heterocycles. The highest BCUT2D eigenvalue weighted by Gasteiger charge is 2.22. The minimum absolute atomic E-state index is 0.276. The van der Waals surface area contributed by atoms with Gasteiger partial charge in [-0.15, -0.1) is 0 Å². The van der Waals surface area contributed by atoms with E-state index in [2.05, 4.69) is 5.32 Å². The zero-order valence-electron chi connectivity index (χ0n) is 12.3. The van der Waals surface area contributed by atoms with Crippen molar-refractivity contribution >= 4 is 12.1 Å². The largest absolute Gasteiger partial charge is 0.494 e. The van der Waals surface area contributed by atoms with Crippen LogP contribution >= 0.6 is 0 Å². The molecule has 116 valence electrons. The second-order valence-electron chi connectivity index (χ2n) is 4.41. The highest BCUT2D eigenvalue weighted by atomic mass is 16.5. The summed E-state index contributed by atoms with van der Waals surface area (Å²) in [5.41, 5.74) is 0.457. The standard InChI is InChI=1S/C15H21NO5/c1-3-5-10-21-15(19)16-13(14(17)18)11-6-8-12(9-7-11)20-4-2/h6-9,13H,3-5,10H2,1-2H3,(H,16,19)(H,17,18). The van der Waals surface area contributed by atoms with Crippen molar-refractivity contribution in [3.05, 3.63) is 29.8 Å². The number of carbonyl (C=O) groups excluding carboxylic acids is 1. The zero-order chi connectivity index (χ0) is 15.7. The van der Waals surface area contributed by atoms with Crippen molar-refractivity contribution < 1.29 is 24.2 Å². The van der Waals surface area contributed by atoms with Gasteiger partial charge in [-0.05, 0) is 31.0 Å². The number of hydrogen-bond acceptors (Lipinski definition) is 4. The smallest absolute Gasteiger partial charge is 0.408 e. The third-order valence-electron chi connectivity index (χ3n) is 2.76. The lowest BCUT2D eigenvalue weighted by atomic mass is 10.1. The van der Waals surface area contributed by atoms with Gasteiger partial charge in [-0.2, -0.15) is 0 Å². The third-order valence-corrected chi connectivity index (χ3v) is 2.76. The van der Waals surface area contributed by atoms with E-state index < -0.39 is 18.1 Å². The number of alkyl carbamates (subject to hydrolysis) is 1. The number of amides is 1. The Balaban J connectivity index is 2.68. The van der Waals surface area contributed by atoms with Crippen LogP contribution in [0, 0.1) is 0 Å². The highest BCUT2D eigenvalue weighted by Crippen LogP contribution is 2.18. The summed E-state index contributed by atoms with van der Waals surface area (Å²) in [6.45, 7) is 4.64. The van der Waals surface area contributed by atoms with E-state index in [0.717, 1.165) is 12.8 Å². The third kappa shape index (κ3) is 5.72. The van der Waals surface area contributed by atoms with Crippen LogP contribution in [-0.4, -0.2) is 30.4 Å². The summed E-state index contributed by atoms with van der Waals surface area (Å²) in [5.74, 6) is -0.498. The first-order valence-corrected chi connectivity index (χ1v) is 6.97. The molecular formula is C15H21NO5. The average Bonchev–Trinajstić information content (AvgIpc) is 2.46. The molecule has 1 atom stereocenters. The molecule has 6 nitrogen and oxygen atoms in total. The molecule has 1 rings (SSSR count). The van der Waals surface area contributed by atoms with E-state index >= 15 is 0 Å². The Bertz CT molecular complexity index is 458. The number of carbonyl (C=O) groups is 2. The van der Waals surface area contributed by atoms with Gasteiger partial charge in [0.05, 0.1) is 13.2 Å². The van der Waals surface area contributed by atoms with Gasteiger partial charge in [-0.1, -0.05) is 25.5 Å². The van der Waals surface area contributed by atoms with Gasteiger partial charge in [-0.3, -0.25) is 0 Å². The Morgan fingerprint density at radius 2 is 1.90 bits per heavy atom. The number of ether oxygens (including phenoxy) is 2. The van der Waals surface area contributed by atoms with Crippen molar-refractivity contribution in [3.8, 4) is 5.75 Å². The number of benzene rings is 1. The lowest BCUT2D eigenvalue weighted by Gasteiger charge is -2.15. The lowest BCUT2D eigenvalue weighted by Crippen LogP contribution is -2.34.